The molecule has 0 radical (unpaired) electrons. The van der Waals surface area contributed by atoms with Gasteiger partial charge in [-0.05, 0) is 44.2 Å². The number of ether oxygens (including phenoxy) is 1. The highest BCUT2D eigenvalue weighted by Gasteiger charge is 2.22. The van der Waals surface area contributed by atoms with E-state index in [2.05, 4.69) is 4.98 Å². The van der Waals surface area contributed by atoms with Gasteiger partial charge in [0.2, 0.25) is 5.91 Å². The van der Waals surface area contributed by atoms with Crippen LogP contribution in [0.5, 0.6) is 5.75 Å². The quantitative estimate of drug-likeness (QED) is 0.624. The van der Waals surface area contributed by atoms with Crippen molar-refractivity contribution in [3.8, 4) is 5.75 Å². The van der Waals surface area contributed by atoms with E-state index in [4.69, 9.17) is 15.9 Å². The number of hydrogen-bond acceptors (Lipinski definition) is 6. The third kappa shape index (κ3) is 4.19. The molecule has 7 nitrogen and oxygen atoms in total. The van der Waals surface area contributed by atoms with Crippen molar-refractivity contribution in [3.05, 3.63) is 47.7 Å². The zero-order valence-electron chi connectivity index (χ0n) is 15.9. The molecular formula is C20H25N5O2. The van der Waals surface area contributed by atoms with Gasteiger partial charge >= 0.3 is 0 Å². The number of benzene rings is 1. The first kappa shape index (κ1) is 18.7. The highest BCUT2D eigenvalue weighted by atomic mass is 16.5. The number of anilines is 2. The summed E-state index contributed by atoms with van der Waals surface area (Å²) in [6, 6.07) is 8.95. The molecule has 0 spiro atoms. The number of hydrogen-bond donors (Lipinski definition) is 2. The summed E-state index contributed by atoms with van der Waals surface area (Å²) < 4.78 is 5.72. The van der Waals surface area contributed by atoms with E-state index in [-0.39, 0.29) is 12.0 Å². The van der Waals surface area contributed by atoms with Crippen molar-refractivity contribution in [2.45, 2.75) is 20.0 Å². The van der Waals surface area contributed by atoms with Crippen LogP contribution in [-0.2, 0) is 4.79 Å². The van der Waals surface area contributed by atoms with Gasteiger partial charge in [0.05, 0.1) is 18.4 Å². The molecule has 0 bridgehead atoms. The molecule has 0 saturated carbocycles. The Balaban J connectivity index is 1.87. The van der Waals surface area contributed by atoms with Crippen LogP contribution in [0.15, 0.2) is 36.5 Å². The fraction of sp³-hybridized carbons (Fsp3) is 0.350. The number of carbonyl (C=O) groups excluding carboxylic acids is 1. The molecule has 1 aromatic carbocycles. The summed E-state index contributed by atoms with van der Waals surface area (Å²) in [4.78, 5) is 20.0. The van der Waals surface area contributed by atoms with Crippen molar-refractivity contribution in [1.29, 1.82) is 5.41 Å². The summed E-state index contributed by atoms with van der Waals surface area (Å²) in [5.41, 5.74) is 8.22. The van der Waals surface area contributed by atoms with Crippen LogP contribution < -0.4 is 15.4 Å². The smallest absolute Gasteiger partial charge is 0.241 e. The number of nitrogens with one attached hydrogen (secondary N) is 1. The molecule has 1 aromatic heterocycles. The van der Waals surface area contributed by atoms with Crippen LogP contribution in [0.1, 0.15) is 25.0 Å². The Morgan fingerprint density at radius 2 is 2.04 bits per heavy atom. The van der Waals surface area contributed by atoms with Gasteiger partial charge in [0.1, 0.15) is 11.6 Å². The lowest BCUT2D eigenvalue weighted by Gasteiger charge is -2.32. The summed E-state index contributed by atoms with van der Waals surface area (Å²) in [7, 11) is 1.80. The topological polar surface area (TPSA) is 95.5 Å². The van der Waals surface area contributed by atoms with Crippen LogP contribution in [0.3, 0.4) is 0 Å². The predicted octanol–water partition coefficient (Wildman–Crippen LogP) is 2.15. The predicted molar refractivity (Wildman–Crippen MR) is 107 cm³/mol. The van der Waals surface area contributed by atoms with Crippen LogP contribution >= 0.6 is 0 Å². The lowest BCUT2D eigenvalue weighted by molar-refractivity contribution is -0.129. The molecule has 7 heteroatoms. The number of nitrogens with zero attached hydrogens (tertiary/aromatic N) is 3. The average Bonchev–Trinajstić information content (AvgIpc) is 2.64. The Morgan fingerprint density at radius 1 is 1.26 bits per heavy atom. The molecule has 2 aromatic rings. The maximum Gasteiger partial charge on any atom is 0.241 e. The summed E-state index contributed by atoms with van der Waals surface area (Å²) in [6.07, 6.45) is 1.70. The number of pyridine rings is 1. The van der Waals surface area contributed by atoms with Gasteiger partial charge in [-0.1, -0.05) is 0 Å². The minimum absolute atomic E-state index is 0.0398. The number of nitrogens with two attached hydrogens (primary N) is 1. The minimum atomic E-state index is 0.0398. The third-order valence-electron chi connectivity index (χ3n) is 4.48. The monoisotopic (exact) mass is 367 g/mol. The number of amides is 1. The first-order valence-corrected chi connectivity index (χ1v) is 8.95. The fourth-order valence-electron chi connectivity index (χ4n) is 2.95. The van der Waals surface area contributed by atoms with E-state index in [1.54, 1.807) is 42.4 Å². The van der Waals surface area contributed by atoms with Gasteiger partial charge in [-0.3, -0.25) is 10.2 Å². The summed E-state index contributed by atoms with van der Waals surface area (Å²) in [6.45, 7) is 5.57. The number of nitrogen functional groups attached to an aromatic ring is 1. The zero-order chi connectivity index (χ0) is 19.6. The van der Waals surface area contributed by atoms with Gasteiger partial charge in [-0.25, -0.2) is 4.98 Å². The van der Waals surface area contributed by atoms with Crippen molar-refractivity contribution in [3.63, 3.8) is 0 Å². The van der Waals surface area contributed by atoms with Crippen LogP contribution in [-0.4, -0.2) is 54.3 Å². The molecule has 1 aliphatic heterocycles. The van der Waals surface area contributed by atoms with Gasteiger partial charge in [0, 0.05) is 43.1 Å². The van der Waals surface area contributed by atoms with Crippen molar-refractivity contribution >= 4 is 23.1 Å². The van der Waals surface area contributed by atoms with Crippen molar-refractivity contribution in [2.75, 3.05) is 37.3 Å². The van der Waals surface area contributed by atoms with Crippen molar-refractivity contribution in [2.24, 2.45) is 0 Å². The molecule has 3 rings (SSSR count). The number of rotatable bonds is 5. The standard InChI is InChI=1S/C20H25N5O2/c1-13(2)27-15-4-5-17(21)16(11-15)20(22)14-6-7-23-18(10-14)25-9-8-24(3)19(26)12-25/h4-7,10-11,13,22H,8-9,12,21H2,1-3H3. The molecule has 0 unspecified atom stereocenters. The Bertz CT molecular complexity index is 865. The molecule has 1 saturated heterocycles. The zero-order valence-corrected chi connectivity index (χ0v) is 15.9. The molecule has 2 heterocycles. The highest BCUT2D eigenvalue weighted by Crippen LogP contribution is 2.25. The normalized spacial score (nSPS) is 14.6. The fourth-order valence-corrected chi connectivity index (χ4v) is 2.95. The maximum absolute atomic E-state index is 12.0. The molecular weight excluding hydrogens is 342 g/mol. The second kappa shape index (κ2) is 7.65. The van der Waals surface area contributed by atoms with E-state index in [0.29, 0.717) is 53.7 Å². The van der Waals surface area contributed by atoms with Gasteiger partial charge in [0.15, 0.2) is 0 Å². The molecule has 3 N–H and O–H groups in total. The van der Waals surface area contributed by atoms with E-state index in [0.717, 1.165) is 0 Å². The Labute approximate surface area is 159 Å². The van der Waals surface area contributed by atoms with Gasteiger partial charge in [0.25, 0.3) is 0 Å². The first-order valence-electron chi connectivity index (χ1n) is 8.95. The van der Waals surface area contributed by atoms with Crippen LogP contribution in [0.2, 0.25) is 0 Å². The van der Waals surface area contributed by atoms with Gasteiger partial charge < -0.3 is 20.3 Å². The summed E-state index contributed by atoms with van der Waals surface area (Å²) >= 11 is 0. The number of carbonyl (C=O) groups is 1. The lowest BCUT2D eigenvalue weighted by Crippen LogP contribution is -2.48. The SMILES string of the molecule is CC(C)Oc1ccc(N)c(C(=N)c2ccnc(N3CCN(C)C(=O)C3)c2)c1. The summed E-state index contributed by atoms with van der Waals surface area (Å²) in [5.74, 6) is 1.43. The second-order valence-electron chi connectivity index (χ2n) is 6.93. The molecule has 142 valence electrons. The number of likely N-dealkylation sites (N-methyl/N-ethyl adjacent to an activating group) is 1. The van der Waals surface area contributed by atoms with Crippen LogP contribution in [0.25, 0.3) is 0 Å². The second-order valence-corrected chi connectivity index (χ2v) is 6.93. The molecule has 1 amide bonds. The maximum atomic E-state index is 12.0. The Morgan fingerprint density at radius 3 is 2.74 bits per heavy atom. The largest absolute Gasteiger partial charge is 0.491 e. The summed E-state index contributed by atoms with van der Waals surface area (Å²) in [5, 5.41) is 8.62. The number of aromatic nitrogens is 1. The Kier molecular flexibility index (Phi) is 5.30. The van der Waals surface area contributed by atoms with E-state index in [1.807, 2.05) is 24.8 Å². The average molecular weight is 367 g/mol. The minimum Gasteiger partial charge on any atom is -0.491 e. The highest BCUT2D eigenvalue weighted by molar-refractivity contribution is 6.14. The first-order chi connectivity index (χ1) is 12.8. The van der Waals surface area contributed by atoms with Crippen LogP contribution in [0.4, 0.5) is 11.5 Å². The molecule has 0 atom stereocenters. The third-order valence-corrected chi connectivity index (χ3v) is 4.48. The van der Waals surface area contributed by atoms with E-state index in [9.17, 15) is 4.79 Å². The van der Waals surface area contributed by atoms with E-state index in [1.165, 1.54) is 0 Å². The molecule has 0 aliphatic carbocycles. The van der Waals surface area contributed by atoms with Crippen molar-refractivity contribution in [1.82, 2.24) is 9.88 Å². The van der Waals surface area contributed by atoms with Gasteiger partial charge in [-0.15, -0.1) is 0 Å². The molecule has 1 aliphatic rings. The van der Waals surface area contributed by atoms with E-state index < -0.39 is 0 Å². The Hall–Kier alpha value is -3.09. The number of piperazine rings is 1. The lowest BCUT2D eigenvalue weighted by atomic mass is 10.0. The van der Waals surface area contributed by atoms with Crippen molar-refractivity contribution < 1.29 is 9.53 Å². The molecule has 27 heavy (non-hydrogen) atoms. The van der Waals surface area contributed by atoms with Crippen LogP contribution in [0, 0.1) is 5.41 Å². The van der Waals surface area contributed by atoms with Gasteiger partial charge in [-0.2, -0.15) is 0 Å². The molecule has 1 fully saturated rings. The van der Waals surface area contributed by atoms with E-state index >= 15 is 0 Å².